The van der Waals surface area contributed by atoms with Gasteiger partial charge in [-0.1, -0.05) is 36.4 Å². The van der Waals surface area contributed by atoms with Crippen LogP contribution in [0.2, 0.25) is 0 Å². The number of rotatable bonds is 4. The van der Waals surface area contributed by atoms with Crippen LogP contribution < -0.4 is 0 Å². The van der Waals surface area contributed by atoms with Gasteiger partial charge in [-0.15, -0.1) is 0 Å². The van der Waals surface area contributed by atoms with Gasteiger partial charge in [-0.3, -0.25) is 0 Å². The Hall–Kier alpha value is -1.96. The van der Waals surface area contributed by atoms with E-state index in [0.29, 0.717) is 6.42 Å². The highest BCUT2D eigenvalue weighted by Crippen LogP contribution is 2.21. The van der Waals surface area contributed by atoms with Crippen molar-refractivity contribution >= 4 is 5.78 Å². The molecule has 0 radical (unpaired) electrons. The topological polar surface area (TPSA) is 17.1 Å². The van der Waals surface area contributed by atoms with Gasteiger partial charge in [0.15, 0.2) is 0 Å². The summed E-state index contributed by atoms with van der Waals surface area (Å²) >= 11 is 0. The van der Waals surface area contributed by atoms with Gasteiger partial charge in [0.25, 0.3) is 0 Å². The van der Waals surface area contributed by atoms with Gasteiger partial charge in [-0.05, 0) is 42.2 Å². The van der Waals surface area contributed by atoms with Crippen LogP contribution in [0.25, 0.3) is 11.1 Å². The van der Waals surface area contributed by atoms with Gasteiger partial charge in [0.1, 0.15) is 11.6 Å². The largest absolute Gasteiger partial charge is 0.300 e. The summed E-state index contributed by atoms with van der Waals surface area (Å²) in [6, 6.07) is 14.4. The first-order chi connectivity index (χ1) is 8.65. The van der Waals surface area contributed by atoms with E-state index in [1.54, 1.807) is 13.0 Å². The maximum atomic E-state index is 13.2. The number of ketones is 1. The molecule has 18 heavy (non-hydrogen) atoms. The van der Waals surface area contributed by atoms with Crippen LogP contribution in [0.1, 0.15) is 18.9 Å². The molecule has 0 aromatic heterocycles. The van der Waals surface area contributed by atoms with E-state index >= 15 is 0 Å². The Morgan fingerprint density at radius 1 is 1.06 bits per heavy atom. The van der Waals surface area contributed by atoms with E-state index in [2.05, 4.69) is 0 Å². The number of carbonyl (C=O) groups is 1. The highest BCUT2D eigenvalue weighted by atomic mass is 19.1. The van der Waals surface area contributed by atoms with E-state index < -0.39 is 0 Å². The fourth-order valence-electron chi connectivity index (χ4n) is 1.89. The Bertz CT molecular complexity index is 561. The first-order valence-corrected chi connectivity index (χ1v) is 5.99. The molecule has 0 heterocycles. The molecule has 1 nitrogen and oxygen atoms in total. The van der Waals surface area contributed by atoms with Crippen molar-refractivity contribution in [1.82, 2.24) is 0 Å². The predicted octanol–water partition coefficient (Wildman–Crippen LogP) is 4.01. The third-order valence-corrected chi connectivity index (χ3v) is 2.85. The lowest BCUT2D eigenvalue weighted by Crippen LogP contribution is -1.94. The van der Waals surface area contributed by atoms with E-state index in [4.69, 9.17) is 0 Å². The average molecular weight is 242 g/mol. The fourth-order valence-corrected chi connectivity index (χ4v) is 1.89. The Kier molecular flexibility index (Phi) is 3.88. The van der Waals surface area contributed by atoms with E-state index in [9.17, 15) is 9.18 Å². The Labute approximate surface area is 106 Å². The summed E-state index contributed by atoms with van der Waals surface area (Å²) in [5.74, 6) is -0.0483. The second-order valence-corrected chi connectivity index (χ2v) is 4.41. The van der Waals surface area contributed by atoms with Crippen molar-refractivity contribution in [1.29, 1.82) is 0 Å². The Morgan fingerprint density at radius 2 is 1.72 bits per heavy atom. The average Bonchev–Trinajstić information content (AvgIpc) is 2.37. The molecule has 0 aliphatic carbocycles. The van der Waals surface area contributed by atoms with Crippen molar-refractivity contribution in [2.75, 3.05) is 0 Å². The van der Waals surface area contributed by atoms with Crippen LogP contribution in [0.3, 0.4) is 0 Å². The normalized spacial score (nSPS) is 10.3. The van der Waals surface area contributed by atoms with Crippen molar-refractivity contribution in [3.8, 4) is 11.1 Å². The molecule has 0 spiro atoms. The van der Waals surface area contributed by atoms with Crippen molar-refractivity contribution in [2.45, 2.75) is 19.8 Å². The van der Waals surface area contributed by atoms with E-state index in [1.807, 2.05) is 30.3 Å². The fraction of sp³-hybridized carbons (Fsp3) is 0.188. The Balaban J connectivity index is 2.24. The van der Waals surface area contributed by atoms with Gasteiger partial charge in [-0.2, -0.15) is 0 Å². The molecule has 0 unspecified atom stereocenters. The second kappa shape index (κ2) is 5.58. The maximum Gasteiger partial charge on any atom is 0.130 e. The zero-order valence-electron chi connectivity index (χ0n) is 10.3. The minimum Gasteiger partial charge on any atom is -0.300 e. The molecule has 0 amide bonds. The second-order valence-electron chi connectivity index (χ2n) is 4.41. The quantitative estimate of drug-likeness (QED) is 0.791. The number of hydrogen-bond donors (Lipinski definition) is 0. The van der Waals surface area contributed by atoms with E-state index in [-0.39, 0.29) is 11.6 Å². The van der Waals surface area contributed by atoms with Crippen LogP contribution in [0.15, 0.2) is 48.5 Å². The first-order valence-electron chi connectivity index (χ1n) is 5.99. The highest BCUT2D eigenvalue weighted by Gasteiger charge is 2.02. The zero-order valence-corrected chi connectivity index (χ0v) is 10.3. The van der Waals surface area contributed by atoms with Gasteiger partial charge in [0.2, 0.25) is 0 Å². The number of carbonyl (C=O) groups excluding carboxylic acids is 1. The molecular weight excluding hydrogens is 227 g/mol. The highest BCUT2D eigenvalue weighted by molar-refractivity contribution is 5.75. The molecule has 0 aliphatic heterocycles. The number of Topliss-reactive ketones (excluding diaryl/α,β-unsaturated/α-hetero) is 1. The van der Waals surface area contributed by atoms with Gasteiger partial charge in [0, 0.05) is 6.42 Å². The van der Waals surface area contributed by atoms with Gasteiger partial charge >= 0.3 is 0 Å². The summed E-state index contributed by atoms with van der Waals surface area (Å²) in [5.41, 5.74) is 2.95. The monoisotopic (exact) mass is 242 g/mol. The molecule has 0 fully saturated rings. The van der Waals surface area contributed by atoms with Crippen LogP contribution in [0.5, 0.6) is 0 Å². The third kappa shape index (κ3) is 3.27. The van der Waals surface area contributed by atoms with Crippen molar-refractivity contribution in [2.24, 2.45) is 0 Å². The molecule has 2 aromatic carbocycles. The van der Waals surface area contributed by atoms with Gasteiger partial charge in [0.05, 0.1) is 0 Å². The third-order valence-electron chi connectivity index (χ3n) is 2.85. The molecule has 0 atom stereocenters. The van der Waals surface area contributed by atoms with E-state index in [0.717, 1.165) is 23.1 Å². The maximum absolute atomic E-state index is 13.2. The SMILES string of the molecule is CC(=O)CCc1cccc(-c2cccc(F)c2)c1. The molecule has 2 aromatic rings. The number of benzene rings is 2. The number of hydrogen-bond acceptors (Lipinski definition) is 1. The van der Waals surface area contributed by atoms with Crippen LogP contribution in [-0.2, 0) is 11.2 Å². The molecule has 0 bridgehead atoms. The standard InChI is InChI=1S/C16H15FO/c1-12(18)8-9-13-4-2-5-14(10-13)15-6-3-7-16(17)11-15/h2-7,10-11H,8-9H2,1H3. The van der Waals surface area contributed by atoms with Crippen LogP contribution in [0, 0.1) is 5.82 Å². The summed E-state index contributed by atoms with van der Waals surface area (Å²) in [7, 11) is 0. The van der Waals surface area contributed by atoms with Crippen LogP contribution >= 0.6 is 0 Å². The first kappa shape index (κ1) is 12.5. The summed E-state index contributed by atoms with van der Waals surface area (Å²) in [4.78, 5) is 11.0. The minimum atomic E-state index is -0.235. The molecule has 0 saturated carbocycles. The van der Waals surface area contributed by atoms with Gasteiger partial charge < -0.3 is 4.79 Å². The lowest BCUT2D eigenvalue weighted by atomic mass is 10.0. The molecule has 0 saturated heterocycles. The smallest absolute Gasteiger partial charge is 0.130 e. The molecule has 92 valence electrons. The van der Waals surface area contributed by atoms with Gasteiger partial charge in [-0.25, -0.2) is 4.39 Å². The number of halogens is 1. The number of aryl methyl sites for hydroxylation is 1. The summed E-state index contributed by atoms with van der Waals surface area (Å²) in [5, 5.41) is 0. The molecule has 0 aliphatic rings. The zero-order chi connectivity index (χ0) is 13.0. The summed E-state index contributed by atoms with van der Waals surface area (Å²) < 4.78 is 13.2. The van der Waals surface area contributed by atoms with E-state index in [1.165, 1.54) is 12.1 Å². The lowest BCUT2D eigenvalue weighted by Gasteiger charge is -2.05. The summed E-state index contributed by atoms with van der Waals surface area (Å²) in [6.45, 7) is 1.59. The van der Waals surface area contributed by atoms with Crippen LogP contribution in [-0.4, -0.2) is 5.78 Å². The predicted molar refractivity (Wildman–Crippen MR) is 70.8 cm³/mol. The van der Waals surface area contributed by atoms with Crippen molar-refractivity contribution < 1.29 is 9.18 Å². The lowest BCUT2D eigenvalue weighted by molar-refractivity contribution is -0.116. The molecular formula is C16H15FO. The summed E-state index contributed by atoms with van der Waals surface area (Å²) in [6.07, 6.45) is 1.28. The van der Waals surface area contributed by atoms with Crippen molar-refractivity contribution in [3.05, 3.63) is 59.9 Å². The molecule has 2 heteroatoms. The van der Waals surface area contributed by atoms with Crippen molar-refractivity contribution in [3.63, 3.8) is 0 Å². The molecule has 2 rings (SSSR count). The molecule has 0 N–H and O–H groups in total. The van der Waals surface area contributed by atoms with Crippen LogP contribution in [0.4, 0.5) is 4.39 Å². The Morgan fingerprint density at radius 3 is 2.39 bits per heavy atom. The minimum absolute atomic E-state index is 0.186.